The number of nitrogens with zero attached hydrogens (tertiary/aromatic N) is 3. The van der Waals surface area contributed by atoms with Crippen molar-refractivity contribution >= 4 is 11.5 Å². The molecule has 4 heteroatoms. The van der Waals surface area contributed by atoms with Gasteiger partial charge < -0.3 is 4.90 Å². The lowest BCUT2D eigenvalue weighted by Gasteiger charge is -2.38. The molecule has 0 bridgehead atoms. The highest BCUT2D eigenvalue weighted by Gasteiger charge is 2.32. The fourth-order valence-electron chi connectivity index (χ4n) is 2.41. The molecule has 0 aromatic carbocycles. The fourth-order valence-corrected chi connectivity index (χ4v) is 2.41. The lowest BCUT2D eigenvalue weighted by molar-refractivity contribution is -0.123. The van der Waals surface area contributed by atoms with Crippen molar-refractivity contribution in [2.45, 2.75) is 33.2 Å². The van der Waals surface area contributed by atoms with Gasteiger partial charge in [-0.2, -0.15) is 5.10 Å². The summed E-state index contributed by atoms with van der Waals surface area (Å²) >= 11 is 0. The maximum absolute atomic E-state index is 11.6. The van der Waals surface area contributed by atoms with Crippen molar-refractivity contribution in [2.75, 3.05) is 11.4 Å². The highest BCUT2D eigenvalue weighted by Crippen LogP contribution is 2.28. The van der Waals surface area contributed by atoms with Crippen molar-refractivity contribution in [1.29, 1.82) is 0 Å². The number of carbonyl (C=O) groups is 1. The average Bonchev–Trinajstić information content (AvgIpc) is 2.55. The first-order valence-corrected chi connectivity index (χ1v) is 5.80. The fraction of sp³-hybridized carbons (Fsp3) is 0.667. The molecule has 4 nitrogen and oxygen atoms in total. The zero-order valence-electron chi connectivity index (χ0n) is 10.4. The van der Waals surface area contributed by atoms with Crippen molar-refractivity contribution in [3.8, 4) is 0 Å². The van der Waals surface area contributed by atoms with E-state index in [1.54, 1.807) is 0 Å². The van der Waals surface area contributed by atoms with Crippen LogP contribution in [-0.2, 0) is 11.8 Å². The Balaban J connectivity index is 2.28. The van der Waals surface area contributed by atoms with Crippen LogP contribution in [0, 0.1) is 12.8 Å². The van der Waals surface area contributed by atoms with Gasteiger partial charge in [-0.15, -0.1) is 0 Å². The minimum absolute atomic E-state index is 0.119. The van der Waals surface area contributed by atoms with E-state index in [1.165, 1.54) is 0 Å². The molecule has 0 amide bonds. The molecule has 1 aliphatic rings. The van der Waals surface area contributed by atoms with E-state index in [0.717, 1.165) is 17.9 Å². The van der Waals surface area contributed by atoms with Crippen LogP contribution in [0.25, 0.3) is 0 Å². The Hall–Kier alpha value is -1.32. The van der Waals surface area contributed by atoms with E-state index in [2.05, 4.69) is 16.9 Å². The molecular weight excluding hydrogens is 202 g/mol. The molecule has 88 valence electrons. The van der Waals surface area contributed by atoms with E-state index in [-0.39, 0.29) is 12.0 Å². The van der Waals surface area contributed by atoms with Gasteiger partial charge in [-0.1, -0.05) is 6.92 Å². The molecule has 1 fully saturated rings. The van der Waals surface area contributed by atoms with Gasteiger partial charge in [0.25, 0.3) is 0 Å². The smallest absolute Gasteiger partial charge is 0.139 e. The first kappa shape index (κ1) is 11.2. The van der Waals surface area contributed by atoms with Crippen LogP contribution >= 0.6 is 0 Å². The van der Waals surface area contributed by atoms with Gasteiger partial charge in [0.15, 0.2) is 0 Å². The van der Waals surface area contributed by atoms with Gasteiger partial charge in [-0.25, -0.2) is 0 Å². The predicted octanol–water partition coefficient (Wildman–Crippen LogP) is 1.53. The number of aromatic nitrogens is 2. The Labute approximate surface area is 96.2 Å². The van der Waals surface area contributed by atoms with E-state index >= 15 is 0 Å². The van der Waals surface area contributed by atoms with Crippen LogP contribution in [0.3, 0.4) is 0 Å². The zero-order chi connectivity index (χ0) is 11.9. The summed E-state index contributed by atoms with van der Waals surface area (Å²) in [6.45, 7) is 6.97. The molecule has 1 aromatic rings. The Morgan fingerprint density at radius 1 is 1.44 bits per heavy atom. The summed E-state index contributed by atoms with van der Waals surface area (Å²) < 4.78 is 1.83. The molecule has 1 saturated heterocycles. The quantitative estimate of drug-likeness (QED) is 0.722. The minimum Gasteiger partial charge on any atom is -0.365 e. The summed E-state index contributed by atoms with van der Waals surface area (Å²) in [6, 6.07) is 0.268. The predicted molar refractivity (Wildman–Crippen MR) is 63.5 cm³/mol. The molecule has 0 aliphatic carbocycles. The number of ketones is 1. The van der Waals surface area contributed by atoms with Crippen LogP contribution in [0.15, 0.2) is 6.20 Å². The monoisotopic (exact) mass is 221 g/mol. The van der Waals surface area contributed by atoms with Crippen molar-refractivity contribution in [3.63, 3.8) is 0 Å². The Kier molecular flexibility index (Phi) is 2.74. The summed E-state index contributed by atoms with van der Waals surface area (Å²) in [5, 5.41) is 4.35. The molecule has 2 heterocycles. The van der Waals surface area contributed by atoms with Crippen molar-refractivity contribution in [1.82, 2.24) is 9.78 Å². The molecule has 0 N–H and O–H groups in total. The van der Waals surface area contributed by atoms with Crippen LogP contribution in [-0.4, -0.2) is 28.2 Å². The van der Waals surface area contributed by atoms with Crippen LogP contribution in [0.4, 0.5) is 5.69 Å². The number of hydrogen-bond donors (Lipinski definition) is 0. The molecular formula is C12H19N3O. The zero-order valence-corrected chi connectivity index (χ0v) is 10.4. The number of aryl methyl sites for hydroxylation is 2. The average molecular weight is 221 g/mol. The summed E-state index contributed by atoms with van der Waals surface area (Å²) in [5.41, 5.74) is 2.20. The van der Waals surface area contributed by atoms with Gasteiger partial charge in [0.1, 0.15) is 5.78 Å². The standard InChI is InChI=1S/C12H19N3O/c1-8-10(3)15(6-5-12(8)16)11-7-14(4)13-9(11)2/h7-8,10H,5-6H2,1-4H3. The van der Waals surface area contributed by atoms with E-state index < -0.39 is 0 Å². The van der Waals surface area contributed by atoms with E-state index in [1.807, 2.05) is 31.8 Å². The highest BCUT2D eigenvalue weighted by molar-refractivity contribution is 5.84. The molecule has 1 aliphatic heterocycles. The summed E-state index contributed by atoms with van der Waals surface area (Å²) in [5.74, 6) is 0.499. The van der Waals surface area contributed by atoms with Gasteiger partial charge in [-0.3, -0.25) is 9.48 Å². The number of anilines is 1. The molecule has 16 heavy (non-hydrogen) atoms. The largest absolute Gasteiger partial charge is 0.365 e. The molecule has 0 spiro atoms. The second-order valence-corrected chi connectivity index (χ2v) is 4.71. The third kappa shape index (κ3) is 1.72. The molecule has 0 saturated carbocycles. The summed E-state index contributed by atoms with van der Waals surface area (Å²) in [6.07, 6.45) is 2.69. The second kappa shape index (κ2) is 3.92. The minimum atomic E-state index is 0.119. The Morgan fingerprint density at radius 2 is 2.12 bits per heavy atom. The highest BCUT2D eigenvalue weighted by atomic mass is 16.1. The summed E-state index contributed by atoms with van der Waals surface area (Å²) in [4.78, 5) is 13.9. The van der Waals surface area contributed by atoms with E-state index in [4.69, 9.17) is 0 Å². The van der Waals surface area contributed by atoms with E-state index in [9.17, 15) is 4.79 Å². The number of rotatable bonds is 1. The van der Waals surface area contributed by atoms with Gasteiger partial charge in [0.2, 0.25) is 0 Å². The molecule has 2 atom stereocenters. The van der Waals surface area contributed by atoms with Crippen molar-refractivity contribution in [2.24, 2.45) is 13.0 Å². The van der Waals surface area contributed by atoms with Gasteiger partial charge in [0, 0.05) is 38.2 Å². The van der Waals surface area contributed by atoms with Crippen LogP contribution < -0.4 is 4.90 Å². The maximum atomic E-state index is 11.6. The molecule has 0 radical (unpaired) electrons. The molecule has 1 aromatic heterocycles. The van der Waals surface area contributed by atoms with Gasteiger partial charge in [-0.05, 0) is 13.8 Å². The second-order valence-electron chi connectivity index (χ2n) is 4.71. The number of Topliss-reactive ketones (excluding diaryl/α,β-unsaturated/α-hetero) is 1. The number of hydrogen-bond acceptors (Lipinski definition) is 3. The van der Waals surface area contributed by atoms with Crippen LogP contribution in [0.2, 0.25) is 0 Å². The van der Waals surface area contributed by atoms with Crippen LogP contribution in [0.1, 0.15) is 26.0 Å². The Morgan fingerprint density at radius 3 is 2.69 bits per heavy atom. The number of carbonyl (C=O) groups excluding carboxylic acids is 1. The maximum Gasteiger partial charge on any atom is 0.139 e. The summed E-state index contributed by atoms with van der Waals surface area (Å²) in [7, 11) is 1.93. The third-order valence-corrected chi connectivity index (χ3v) is 3.62. The van der Waals surface area contributed by atoms with Gasteiger partial charge >= 0.3 is 0 Å². The Bertz CT molecular complexity index is 410. The van der Waals surface area contributed by atoms with Crippen LogP contribution in [0.5, 0.6) is 0 Å². The first-order valence-electron chi connectivity index (χ1n) is 5.80. The van der Waals surface area contributed by atoms with E-state index in [0.29, 0.717) is 12.2 Å². The first-order chi connectivity index (χ1) is 7.50. The lowest BCUT2D eigenvalue weighted by atomic mass is 9.90. The molecule has 2 unspecified atom stereocenters. The van der Waals surface area contributed by atoms with Crippen molar-refractivity contribution in [3.05, 3.63) is 11.9 Å². The third-order valence-electron chi connectivity index (χ3n) is 3.62. The molecule has 2 rings (SSSR count). The van der Waals surface area contributed by atoms with Gasteiger partial charge in [0.05, 0.1) is 11.4 Å². The van der Waals surface area contributed by atoms with Crippen molar-refractivity contribution < 1.29 is 4.79 Å². The normalized spacial score (nSPS) is 26.2. The lowest BCUT2D eigenvalue weighted by Crippen LogP contribution is -2.47. The SMILES string of the molecule is Cc1nn(C)cc1N1CCC(=O)C(C)C1C. The topological polar surface area (TPSA) is 38.1 Å². The number of piperidine rings is 1.